The summed E-state index contributed by atoms with van der Waals surface area (Å²) in [6.07, 6.45) is 0.335. The van der Waals surface area contributed by atoms with Crippen LogP contribution in [-0.4, -0.2) is 57.5 Å². The molecule has 1 atom stereocenters. The summed E-state index contributed by atoms with van der Waals surface area (Å²) >= 11 is 0. The SMILES string of the molecule is CC[C@H](C(=O)NC(C)(C)C)N(Cc1ccc(C)cc1)C(=O)CN(c1ccc(OC)c(OC)c1)S(=O)(=O)c1ccccc1. The van der Waals surface area contributed by atoms with Crippen molar-refractivity contribution in [3.63, 3.8) is 0 Å². The van der Waals surface area contributed by atoms with Crippen LogP contribution in [0, 0.1) is 6.92 Å². The number of nitrogens with zero attached hydrogens (tertiary/aromatic N) is 2. The topological polar surface area (TPSA) is 105 Å². The minimum absolute atomic E-state index is 0.0233. The lowest BCUT2D eigenvalue weighted by atomic mass is 10.1. The van der Waals surface area contributed by atoms with Gasteiger partial charge in [0.15, 0.2) is 11.5 Å². The molecule has 3 aromatic rings. The van der Waals surface area contributed by atoms with E-state index in [-0.39, 0.29) is 23.0 Å². The molecule has 2 amide bonds. The molecule has 0 spiro atoms. The van der Waals surface area contributed by atoms with Gasteiger partial charge in [-0.25, -0.2) is 8.42 Å². The monoisotopic (exact) mass is 595 g/mol. The van der Waals surface area contributed by atoms with Gasteiger partial charge in [0.25, 0.3) is 10.0 Å². The number of hydrogen-bond donors (Lipinski definition) is 1. The van der Waals surface area contributed by atoms with E-state index in [1.807, 2.05) is 58.9 Å². The van der Waals surface area contributed by atoms with Crippen molar-refractivity contribution in [1.82, 2.24) is 10.2 Å². The number of nitrogens with one attached hydrogen (secondary N) is 1. The third-order valence-electron chi connectivity index (χ3n) is 6.62. The van der Waals surface area contributed by atoms with Gasteiger partial charge in [0.05, 0.1) is 24.8 Å². The molecule has 0 aliphatic rings. The summed E-state index contributed by atoms with van der Waals surface area (Å²) in [6.45, 7) is 8.99. The second-order valence-corrected chi connectivity index (χ2v) is 12.9. The van der Waals surface area contributed by atoms with Crippen molar-refractivity contribution in [1.29, 1.82) is 0 Å². The summed E-state index contributed by atoms with van der Waals surface area (Å²) in [7, 11) is -1.27. The largest absolute Gasteiger partial charge is 0.493 e. The van der Waals surface area contributed by atoms with E-state index in [0.717, 1.165) is 15.4 Å². The first-order valence-corrected chi connectivity index (χ1v) is 15.2. The molecule has 0 aliphatic heterocycles. The molecule has 42 heavy (non-hydrogen) atoms. The molecule has 0 bridgehead atoms. The van der Waals surface area contributed by atoms with E-state index in [2.05, 4.69) is 5.32 Å². The molecule has 3 aromatic carbocycles. The number of carbonyl (C=O) groups is 2. The summed E-state index contributed by atoms with van der Waals surface area (Å²) in [5, 5.41) is 2.97. The molecule has 0 unspecified atom stereocenters. The smallest absolute Gasteiger partial charge is 0.264 e. The summed E-state index contributed by atoms with van der Waals surface area (Å²) in [4.78, 5) is 29.1. The van der Waals surface area contributed by atoms with Gasteiger partial charge in [0.1, 0.15) is 12.6 Å². The molecule has 0 heterocycles. The van der Waals surface area contributed by atoms with E-state index in [4.69, 9.17) is 9.47 Å². The number of rotatable bonds is 12. The number of hydrogen-bond acceptors (Lipinski definition) is 6. The van der Waals surface area contributed by atoms with Crippen LogP contribution < -0.4 is 19.1 Å². The average Bonchev–Trinajstić information content (AvgIpc) is 2.95. The molecule has 226 valence electrons. The fourth-order valence-corrected chi connectivity index (χ4v) is 5.92. The Morgan fingerprint density at radius 3 is 2.07 bits per heavy atom. The maximum Gasteiger partial charge on any atom is 0.264 e. The van der Waals surface area contributed by atoms with Gasteiger partial charge in [-0.3, -0.25) is 13.9 Å². The van der Waals surface area contributed by atoms with Crippen molar-refractivity contribution in [2.45, 2.75) is 64.1 Å². The molecule has 0 fully saturated rings. The van der Waals surface area contributed by atoms with E-state index in [0.29, 0.717) is 17.9 Å². The third-order valence-corrected chi connectivity index (χ3v) is 8.41. The van der Waals surface area contributed by atoms with Crippen LogP contribution in [-0.2, 0) is 26.2 Å². The normalized spacial score (nSPS) is 12.3. The van der Waals surface area contributed by atoms with Crippen molar-refractivity contribution in [2.24, 2.45) is 0 Å². The molecule has 3 rings (SSSR count). The molecular weight excluding hydrogens is 554 g/mol. The summed E-state index contributed by atoms with van der Waals surface area (Å²) < 4.78 is 39.8. The molecule has 10 heteroatoms. The van der Waals surface area contributed by atoms with Crippen LogP contribution in [0.25, 0.3) is 0 Å². The fraction of sp³-hybridized carbons (Fsp3) is 0.375. The van der Waals surface area contributed by atoms with Gasteiger partial charge in [-0.05, 0) is 63.9 Å². The maximum atomic E-state index is 14.2. The van der Waals surface area contributed by atoms with Crippen LogP contribution in [0.4, 0.5) is 5.69 Å². The summed E-state index contributed by atoms with van der Waals surface area (Å²) in [6, 6.07) is 19.4. The van der Waals surface area contributed by atoms with Crippen LogP contribution in [0.2, 0.25) is 0 Å². The van der Waals surface area contributed by atoms with Crippen molar-refractivity contribution in [3.8, 4) is 11.5 Å². The zero-order chi connectivity index (χ0) is 31.1. The van der Waals surface area contributed by atoms with Gasteiger partial charge < -0.3 is 19.7 Å². The summed E-state index contributed by atoms with van der Waals surface area (Å²) in [5.74, 6) is -0.117. The Bertz CT molecular complexity index is 1470. The Morgan fingerprint density at radius 1 is 0.905 bits per heavy atom. The van der Waals surface area contributed by atoms with Crippen LogP contribution >= 0.6 is 0 Å². The fourth-order valence-electron chi connectivity index (χ4n) is 4.49. The highest BCUT2D eigenvalue weighted by atomic mass is 32.2. The van der Waals surface area contributed by atoms with Crippen LogP contribution in [0.5, 0.6) is 11.5 Å². The quantitative estimate of drug-likeness (QED) is 0.318. The van der Waals surface area contributed by atoms with Crippen LogP contribution in [0.15, 0.2) is 77.7 Å². The number of anilines is 1. The van der Waals surface area contributed by atoms with Gasteiger partial charge in [-0.15, -0.1) is 0 Å². The van der Waals surface area contributed by atoms with Crippen LogP contribution in [0.1, 0.15) is 45.2 Å². The van der Waals surface area contributed by atoms with E-state index in [1.54, 1.807) is 30.3 Å². The molecule has 0 saturated heterocycles. The van der Waals surface area contributed by atoms with E-state index < -0.39 is 34.1 Å². The Kier molecular flexibility index (Phi) is 10.6. The molecule has 9 nitrogen and oxygen atoms in total. The van der Waals surface area contributed by atoms with Crippen molar-refractivity contribution >= 4 is 27.5 Å². The van der Waals surface area contributed by atoms with Gasteiger partial charge in [0.2, 0.25) is 11.8 Å². The first-order chi connectivity index (χ1) is 19.8. The first kappa shape index (κ1) is 32.5. The number of amides is 2. The highest BCUT2D eigenvalue weighted by molar-refractivity contribution is 7.92. The molecule has 0 aliphatic carbocycles. The van der Waals surface area contributed by atoms with Gasteiger partial charge in [0, 0.05) is 18.2 Å². The number of ether oxygens (including phenoxy) is 2. The van der Waals surface area contributed by atoms with Crippen molar-refractivity contribution in [3.05, 3.63) is 83.9 Å². The van der Waals surface area contributed by atoms with Gasteiger partial charge in [-0.1, -0.05) is 55.0 Å². The minimum Gasteiger partial charge on any atom is -0.493 e. The lowest BCUT2D eigenvalue weighted by Gasteiger charge is -2.35. The molecule has 0 radical (unpaired) electrons. The average molecular weight is 596 g/mol. The lowest BCUT2D eigenvalue weighted by molar-refractivity contribution is -0.141. The standard InChI is InChI=1S/C32H41N3O6S/c1-8-27(31(37)33-32(3,4)5)34(21-24-16-14-23(2)15-17-24)30(36)22-35(42(38,39)26-12-10-9-11-13-26)25-18-19-28(40-6)29(20-25)41-7/h9-20,27H,8,21-22H2,1-7H3,(H,33,37)/t27-/m1/s1. The Labute approximate surface area is 249 Å². The Morgan fingerprint density at radius 2 is 1.52 bits per heavy atom. The highest BCUT2D eigenvalue weighted by Gasteiger charge is 2.35. The van der Waals surface area contributed by atoms with Crippen LogP contribution in [0.3, 0.4) is 0 Å². The zero-order valence-corrected chi connectivity index (χ0v) is 26.2. The zero-order valence-electron chi connectivity index (χ0n) is 25.4. The van der Waals surface area contributed by atoms with E-state index in [9.17, 15) is 18.0 Å². The van der Waals surface area contributed by atoms with Gasteiger partial charge >= 0.3 is 0 Å². The van der Waals surface area contributed by atoms with E-state index >= 15 is 0 Å². The number of carbonyl (C=O) groups excluding carboxylic acids is 2. The van der Waals surface area contributed by atoms with Crippen molar-refractivity contribution in [2.75, 3.05) is 25.1 Å². The lowest BCUT2D eigenvalue weighted by Crippen LogP contribution is -2.55. The second kappa shape index (κ2) is 13.7. The number of methoxy groups -OCH3 is 2. The first-order valence-electron chi connectivity index (χ1n) is 13.8. The second-order valence-electron chi connectivity index (χ2n) is 11.0. The number of benzene rings is 3. The predicted octanol–water partition coefficient (Wildman–Crippen LogP) is 4.93. The minimum atomic E-state index is -4.20. The Hall–Kier alpha value is -4.05. The maximum absolute atomic E-state index is 14.2. The van der Waals surface area contributed by atoms with E-state index in [1.165, 1.54) is 37.3 Å². The Balaban J connectivity index is 2.11. The number of sulfonamides is 1. The third kappa shape index (κ3) is 8.03. The molecule has 0 saturated carbocycles. The predicted molar refractivity (Wildman–Crippen MR) is 164 cm³/mol. The highest BCUT2D eigenvalue weighted by Crippen LogP contribution is 2.34. The molecule has 0 aromatic heterocycles. The van der Waals surface area contributed by atoms with Gasteiger partial charge in [-0.2, -0.15) is 0 Å². The molecular formula is C32H41N3O6S. The molecule has 1 N–H and O–H groups in total. The number of aryl methyl sites for hydroxylation is 1. The summed E-state index contributed by atoms with van der Waals surface area (Å²) in [5.41, 5.74) is 1.57. The van der Waals surface area contributed by atoms with Crippen molar-refractivity contribution < 1.29 is 27.5 Å².